The van der Waals surface area contributed by atoms with Crippen molar-refractivity contribution in [3.63, 3.8) is 0 Å². The summed E-state index contributed by atoms with van der Waals surface area (Å²) in [5.41, 5.74) is 4.94. The molecule has 2 aliphatic rings. The summed E-state index contributed by atoms with van der Waals surface area (Å²) in [7, 11) is 0. The third kappa shape index (κ3) is 3.87. The van der Waals surface area contributed by atoms with Gasteiger partial charge in [-0.25, -0.2) is 19.7 Å². The molecule has 7 nitrogen and oxygen atoms in total. The van der Waals surface area contributed by atoms with Gasteiger partial charge in [-0.2, -0.15) is 9.98 Å². The molecule has 4 aromatic carbocycles. The highest BCUT2D eigenvalue weighted by Crippen LogP contribution is 2.41. The smallest absolute Gasteiger partial charge is 0.370 e. The van der Waals surface area contributed by atoms with Gasteiger partial charge >= 0.3 is 6.03 Å². The van der Waals surface area contributed by atoms with E-state index in [1.54, 1.807) is 0 Å². The molecule has 0 spiro atoms. The van der Waals surface area contributed by atoms with Gasteiger partial charge in [0.2, 0.25) is 5.90 Å². The summed E-state index contributed by atoms with van der Waals surface area (Å²) in [6.07, 6.45) is 0. The molecule has 0 N–H and O–H groups in total. The predicted molar refractivity (Wildman–Crippen MR) is 145 cm³/mol. The number of ether oxygens (including phenoxy) is 1. The zero-order valence-electron chi connectivity index (χ0n) is 20.0. The Bertz CT molecular complexity index is 1690. The van der Waals surface area contributed by atoms with E-state index in [0.717, 1.165) is 27.8 Å². The molecule has 3 heterocycles. The van der Waals surface area contributed by atoms with Crippen LogP contribution in [-0.4, -0.2) is 32.6 Å². The lowest BCUT2D eigenvalue weighted by Crippen LogP contribution is -2.26. The Labute approximate surface area is 218 Å². The Morgan fingerprint density at radius 3 is 1.66 bits per heavy atom. The number of carbonyl (C=O) groups excluding carboxylic acids is 1. The summed E-state index contributed by atoms with van der Waals surface area (Å²) in [5.74, 6) is 2.27. The molecule has 1 aromatic heterocycles. The van der Waals surface area contributed by atoms with Crippen LogP contribution in [0.5, 0.6) is 5.75 Å². The summed E-state index contributed by atoms with van der Waals surface area (Å²) in [4.78, 5) is 35.0. The Hall–Kier alpha value is -5.30. The lowest BCUT2D eigenvalue weighted by molar-refractivity contribution is 0.256. The van der Waals surface area contributed by atoms with Gasteiger partial charge in [-0.15, -0.1) is 0 Å². The van der Waals surface area contributed by atoms with Crippen molar-refractivity contribution in [1.29, 1.82) is 0 Å². The van der Waals surface area contributed by atoms with E-state index in [1.807, 2.05) is 109 Å². The highest BCUT2D eigenvalue weighted by molar-refractivity contribution is 6.25. The minimum absolute atomic E-state index is 0.335. The van der Waals surface area contributed by atoms with E-state index < -0.39 is 6.03 Å². The number of aliphatic imine (C=N–C) groups is 2. The number of rotatable bonds is 4. The normalized spacial score (nSPS) is 15.7. The molecule has 180 valence electrons. The monoisotopic (exact) mass is 493 g/mol. The molecule has 7 heteroatoms. The summed E-state index contributed by atoms with van der Waals surface area (Å²) < 4.78 is 6.10. The first-order valence-electron chi connectivity index (χ1n) is 12.2. The lowest BCUT2D eigenvalue weighted by atomic mass is 9.89. The minimum Gasteiger partial charge on any atom is -0.441 e. The lowest BCUT2D eigenvalue weighted by Gasteiger charge is -2.16. The number of aromatic nitrogens is 3. The standard InChI is InChI=1S/C31H19N5O2/c37-31-32-26(19-10-4-1-5-11-19)25-23-17-16-22(18-24(23)38-30(25)36-31)29-34-27(20-12-6-2-7-13-20)33-28(35-29)21-14-8-3-9-15-21/h1-18,25H. The average molecular weight is 494 g/mol. The Morgan fingerprint density at radius 2 is 1.08 bits per heavy atom. The Kier molecular flexibility index (Phi) is 5.18. The number of fused-ring (bicyclic) bond motifs is 3. The summed E-state index contributed by atoms with van der Waals surface area (Å²) in [5, 5.41) is 0. The maximum atomic E-state index is 12.3. The van der Waals surface area contributed by atoms with Crippen LogP contribution in [0.2, 0.25) is 0 Å². The zero-order chi connectivity index (χ0) is 25.5. The third-order valence-corrected chi connectivity index (χ3v) is 6.51. The Morgan fingerprint density at radius 1 is 0.553 bits per heavy atom. The van der Waals surface area contributed by atoms with Crippen LogP contribution in [0.4, 0.5) is 4.79 Å². The van der Waals surface area contributed by atoms with Gasteiger partial charge in [0.15, 0.2) is 17.5 Å². The van der Waals surface area contributed by atoms with E-state index in [2.05, 4.69) is 9.98 Å². The largest absolute Gasteiger partial charge is 0.441 e. The first kappa shape index (κ1) is 21.9. The molecule has 0 saturated heterocycles. The van der Waals surface area contributed by atoms with E-state index in [1.165, 1.54) is 0 Å². The molecule has 0 bridgehead atoms. The van der Waals surface area contributed by atoms with Crippen molar-refractivity contribution in [1.82, 2.24) is 15.0 Å². The fourth-order valence-electron chi connectivity index (χ4n) is 4.72. The second-order valence-corrected chi connectivity index (χ2v) is 8.92. The molecule has 38 heavy (non-hydrogen) atoms. The van der Waals surface area contributed by atoms with Gasteiger partial charge in [0, 0.05) is 22.3 Å². The van der Waals surface area contributed by atoms with Crippen molar-refractivity contribution in [2.45, 2.75) is 5.92 Å². The van der Waals surface area contributed by atoms with Crippen LogP contribution >= 0.6 is 0 Å². The van der Waals surface area contributed by atoms with Crippen LogP contribution in [0, 0.1) is 0 Å². The van der Waals surface area contributed by atoms with E-state index in [4.69, 9.17) is 19.7 Å². The van der Waals surface area contributed by atoms with Gasteiger partial charge in [0.1, 0.15) is 11.7 Å². The van der Waals surface area contributed by atoms with Gasteiger partial charge in [-0.05, 0) is 11.6 Å². The quantitative estimate of drug-likeness (QED) is 0.290. The molecule has 2 amide bonds. The van der Waals surface area contributed by atoms with Crippen molar-refractivity contribution in [2.24, 2.45) is 9.98 Å². The first-order valence-corrected chi connectivity index (χ1v) is 12.2. The fraction of sp³-hybridized carbons (Fsp3) is 0.0323. The van der Waals surface area contributed by atoms with Crippen molar-refractivity contribution < 1.29 is 9.53 Å². The molecule has 5 aromatic rings. The summed E-state index contributed by atoms with van der Waals surface area (Å²) in [6.45, 7) is 0. The predicted octanol–water partition coefficient (Wildman–Crippen LogP) is 6.37. The van der Waals surface area contributed by atoms with Crippen LogP contribution in [0.1, 0.15) is 17.0 Å². The van der Waals surface area contributed by atoms with Crippen LogP contribution < -0.4 is 4.74 Å². The van der Waals surface area contributed by atoms with Crippen molar-refractivity contribution in [2.75, 3.05) is 0 Å². The Balaban J connectivity index is 1.34. The number of amides is 2. The van der Waals surface area contributed by atoms with Gasteiger partial charge < -0.3 is 4.74 Å². The third-order valence-electron chi connectivity index (χ3n) is 6.51. The van der Waals surface area contributed by atoms with Crippen molar-refractivity contribution in [3.05, 3.63) is 120 Å². The van der Waals surface area contributed by atoms with Crippen LogP contribution in [0.15, 0.2) is 119 Å². The minimum atomic E-state index is -0.569. The molecule has 0 saturated carbocycles. The summed E-state index contributed by atoms with van der Waals surface area (Å²) in [6, 6.07) is 34.5. The topological polar surface area (TPSA) is 89.7 Å². The van der Waals surface area contributed by atoms with Gasteiger partial charge in [-0.1, -0.05) is 103 Å². The number of urea groups is 1. The number of nitrogens with zero attached hydrogens (tertiary/aromatic N) is 5. The molecular formula is C31H19N5O2. The molecule has 1 unspecified atom stereocenters. The molecule has 7 rings (SSSR count). The number of benzene rings is 4. The number of hydrogen-bond donors (Lipinski definition) is 0. The fourth-order valence-corrected chi connectivity index (χ4v) is 4.72. The van der Waals surface area contributed by atoms with Crippen LogP contribution in [0.3, 0.4) is 0 Å². The van der Waals surface area contributed by atoms with Gasteiger partial charge in [-0.3, -0.25) is 0 Å². The molecular weight excluding hydrogens is 474 g/mol. The highest BCUT2D eigenvalue weighted by Gasteiger charge is 2.39. The van der Waals surface area contributed by atoms with E-state index >= 15 is 0 Å². The molecule has 2 aliphatic heterocycles. The molecule has 0 aliphatic carbocycles. The molecule has 1 atom stereocenters. The van der Waals surface area contributed by atoms with Crippen LogP contribution in [0.25, 0.3) is 34.2 Å². The van der Waals surface area contributed by atoms with E-state index in [0.29, 0.717) is 34.8 Å². The van der Waals surface area contributed by atoms with Gasteiger partial charge in [0.25, 0.3) is 0 Å². The first-order chi connectivity index (χ1) is 18.7. The van der Waals surface area contributed by atoms with Gasteiger partial charge in [0.05, 0.1) is 5.71 Å². The van der Waals surface area contributed by atoms with E-state index in [9.17, 15) is 4.79 Å². The maximum absolute atomic E-state index is 12.3. The zero-order valence-corrected chi connectivity index (χ0v) is 20.0. The second-order valence-electron chi connectivity index (χ2n) is 8.92. The SMILES string of the molecule is O=C1N=C2Oc3cc(-c4nc(-c5ccccc5)nc(-c5ccccc5)n4)ccc3C2C(c2ccccc2)=N1. The maximum Gasteiger partial charge on any atom is 0.370 e. The van der Waals surface area contributed by atoms with Crippen molar-refractivity contribution >= 4 is 17.6 Å². The molecule has 0 fully saturated rings. The second kappa shape index (κ2) is 8.97. The molecule has 0 radical (unpaired) electrons. The average Bonchev–Trinajstić information content (AvgIpc) is 3.35. The van der Waals surface area contributed by atoms with Crippen molar-refractivity contribution in [3.8, 4) is 39.9 Å². The number of carbonyl (C=O) groups is 1. The summed E-state index contributed by atoms with van der Waals surface area (Å²) >= 11 is 0. The number of hydrogen-bond acceptors (Lipinski definition) is 5. The van der Waals surface area contributed by atoms with E-state index in [-0.39, 0.29) is 5.92 Å². The van der Waals surface area contributed by atoms with Crippen LogP contribution in [-0.2, 0) is 0 Å². The highest BCUT2D eigenvalue weighted by atomic mass is 16.5.